The van der Waals surface area contributed by atoms with Crippen molar-refractivity contribution < 1.29 is 19.2 Å². The molecule has 0 bridgehead atoms. The van der Waals surface area contributed by atoms with Gasteiger partial charge in [-0.05, 0) is 37.5 Å². The first-order valence-corrected chi connectivity index (χ1v) is 10.9. The highest BCUT2D eigenvalue weighted by molar-refractivity contribution is 5.90. The van der Waals surface area contributed by atoms with Crippen molar-refractivity contribution in [2.24, 2.45) is 11.8 Å². The zero-order valence-electron chi connectivity index (χ0n) is 18.2. The van der Waals surface area contributed by atoms with Crippen LogP contribution in [0.5, 0.6) is 0 Å². The third kappa shape index (κ3) is 4.62. The molecule has 3 aliphatic heterocycles. The number of carbonyl (C=O) groups excluding carboxylic acids is 4. The third-order valence-electron chi connectivity index (χ3n) is 6.12. The molecule has 0 spiro atoms. The molecule has 0 saturated carbocycles. The number of rotatable bonds is 2. The van der Waals surface area contributed by atoms with E-state index in [4.69, 9.17) is 0 Å². The van der Waals surface area contributed by atoms with Crippen LogP contribution in [0.4, 0.5) is 9.59 Å². The molecule has 3 heterocycles. The first kappa shape index (κ1) is 22.2. The van der Waals surface area contributed by atoms with Crippen molar-refractivity contribution in [2.75, 3.05) is 13.1 Å². The molecule has 3 rings (SSSR count). The van der Waals surface area contributed by atoms with Gasteiger partial charge in [0.2, 0.25) is 11.8 Å². The summed E-state index contributed by atoms with van der Waals surface area (Å²) in [6.07, 6.45) is 1.38. The predicted molar refractivity (Wildman–Crippen MR) is 110 cm³/mol. The van der Waals surface area contributed by atoms with Gasteiger partial charge in [0.25, 0.3) is 0 Å². The molecule has 4 atom stereocenters. The molecule has 10 nitrogen and oxygen atoms in total. The highest BCUT2D eigenvalue weighted by atomic mass is 16.2. The quantitative estimate of drug-likeness (QED) is 0.519. The molecule has 0 aromatic rings. The number of amides is 6. The maximum absolute atomic E-state index is 13.0. The van der Waals surface area contributed by atoms with E-state index in [1.54, 1.807) is 0 Å². The van der Waals surface area contributed by atoms with Gasteiger partial charge in [0.15, 0.2) is 0 Å². The normalized spacial score (nSPS) is 31.0. The Morgan fingerprint density at radius 1 is 0.667 bits per heavy atom. The monoisotopic (exact) mass is 422 g/mol. The number of nitrogens with zero attached hydrogens (tertiary/aromatic N) is 2. The van der Waals surface area contributed by atoms with Gasteiger partial charge in [-0.25, -0.2) is 9.59 Å². The molecule has 168 valence electrons. The van der Waals surface area contributed by atoms with Gasteiger partial charge < -0.3 is 31.1 Å². The predicted octanol–water partition coefficient (Wildman–Crippen LogP) is 0.545. The van der Waals surface area contributed by atoms with Gasteiger partial charge in [-0.15, -0.1) is 0 Å². The van der Waals surface area contributed by atoms with Crippen LogP contribution in [-0.2, 0) is 9.59 Å². The standard InChI is InChI=1S/C20H34N6O4/c1-11(2)15-21-17(27)13-7-5-10-26(13)20(30)24-16(12(3)4)22-18(28)14-8-6-9-25(14)19(29)23-15/h11-16H,5-10H2,1-4H3,(H,21,27)(H,22,28)(H,23,29)(H,24,30)/t13-,14?,15+,16+/m0/s1. The first-order valence-electron chi connectivity index (χ1n) is 10.9. The largest absolute Gasteiger partial charge is 0.334 e. The zero-order chi connectivity index (χ0) is 22.0. The molecular formula is C20H34N6O4. The van der Waals surface area contributed by atoms with Crippen molar-refractivity contribution in [3.63, 3.8) is 0 Å². The van der Waals surface area contributed by atoms with Crippen molar-refractivity contribution in [1.82, 2.24) is 31.1 Å². The van der Waals surface area contributed by atoms with Gasteiger partial charge in [-0.1, -0.05) is 27.7 Å². The summed E-state index contributed by atoms with van der Waals surface area (Å²) in [5.74, 6) is -0.673. The van der Waals surface area contributed by atoms with Crippen molar-refractivity contribution >= 4 is 23.9 Å². The van der Waals surface area contributed by atoms with Crippen LogP contribution in [0.15, 0.2) is 0 Å². The molecule has 10 heteroatoms. The third-order valence-corrected chi connectivity index (χ3v) is 6.12. The van der Waals surface area contributed by atoms with Crippen LogP contribution >= 0.6 is 0 Å². The molecule has 4 N–H and O–H groups in total. The Morgan fingerprint density at radius 3 is 1.37 bits per heavy atom. The maximum atomic E-state index is 13.0. The second-order valence-electron chi connectivity index (χ2n) is 9.06. The lowest BCUT2D eigenvalue weighted by molar-refractivity contribution is -0.127. The fourth-order valence-corrected chi connectivity index (χ4v) is 4.23. The van der Waals surface area contributed by atoms with E-state index >= 15 is 0 Å². The minimum atomic E-state index is -0.603. The molecule has 1 unspecified atom stereocenters. The fraction of sp³-hybridized carbons (Fsp3) is 0.800. The van der Waals surface area contributed by atoms with Crippen LogP contribution in [0.2, 0.25) is 0 Å². The highest BCUT2D eigenvalue weighted by Crippen LogP contribution is 2.21. The van der Waals surface area contributed by atoms with Crippen LogP contribution in [0.1, 0.15) is 53.4 Å². The van der Waals surface area contributed by atoms with E-state index in [9.17, 15) is 19.2 Å². The van der Waals surface area contributed by atoms with Crippen LogP contribution in [0, 0.1) is 11.8 Å². The van der Waals surface area contributed by atoms with Gasteiger partial charge in [-0.2, -0.15) is 0 Å². The number of urea groups is 2. The number of hydrogen-bond donors (Lipinski definition) is 4. The lowest BCUT2D eigenvalue weighted by atomic mass is 10.1. The van der Waals surface area contributed by atoms with E-state index in [0.29, 0.717) is 25.9 Å². The van der Waals surface area contributed by atoms with Gasteiger partial charge in [0.05, 0.1) is 0 Å². The summed E-state index contributed by atoms with van der Waals surface area (Å²) >= 11 is 0. The Labute approximate surface area is 177 Å². The van der Waals surface area contributed by atoms with E-state index < -0.39 is 24.4 Å². The molecule has 3 aliphatic rings. The number of nitrogens with one attached hydrogen (secondary N) is 4. The molecule has 6 amide bonds. The Hall–Kier alpha value is -2.52. The van der Waals surface area contributed by atoms with E-state index in [-0.39, 0.29) is 35.7 Å². The van der Waals surface area contributed by atoms with Crippen molar-refractivity contribution in [1.29, 1.82) is 0 Å². The summed E-state index contributed by atoms with van der Waals surface area (Å²) in [4.78, 5) is 54.8. The number of hydrogen-bond acceptors (Lipinski definition) is 4. The fourth-order valence-electron chi connectivity index (χ4n) is 4.23. The van der Waals surface area contributed by atoms with E-state index in [2.05, 4.69) is 21.3 Å². The van der Waals surface area contributed by atoms with Crippen molar-refractivity contribution in [3.8, 4) is 0 Å². The van der Waals surface area contributed by atoms with Crippen LogP contribution in [0.25, 0.3) is 0 Å². The van der Waals surface area contributed by atoms with E-state index in [1.165, 1.54) is 9.80 Å². The Morgan fingerprint density at radius 2 is 1.03 bits per heavy atom. The van der Waals surface area contributed by atoms with Gasteiger partial charge in [0, 0.05) is 13.1 Å². The maximum Gasteiger partial charge on any atom is 0.319 e. The molecule has 0 radical (unpaired) electrons. The SMILES string of the molecule is CC(C)[C@@H]1NC(=O)[C@@H]2CCCN2C(=O)N[C@H](C(C)C)NC(=O)C2CCCN2C(=O)N1. The molecule has 3 fully saturated rings. The molecular weight excluding hydrogens is 388 g/mol. The van der Waals surface area contributed by atoms with Crippen molar-refractivity contribution in [2.45, 2.75) is 77.8 Å². The summed E-state index contributed by atoms with van der Waals surface area (Å²) in [5, 5.41) is 11.5. The minimum absolute atomic E-state index is 0.0605. The van der Waals surface area contributed by atoms with Gasteiger partial charge in [-0.3, -0.25) is 9.59 Å². The smallest absolute Gasteiger partial charge is 0.319 e. The lowest BCUT2D eigenvalue weighted by Gasteiger charge is -2.34. The van der Waals surface area contributed by atoms with E-state index in [0.717, 1.165) is 12.8 Å². The molecule has 0 aromatic carbocycles. The molecule has 0 aromatic heterocycles. The summed E-state index contributed by atoms with van der Waals surface area (Å²) in [6.45, 7) is 8.53. The highest BCUT2D eigenvalue weighted by Gasteiger charge is 2.40. The summed E-state index contributed by atoms with van der Waals surface area (Å²) in [6, 6.07) is -1.93. The summed E-state index contributed by atoms with van der Waals surface area (Å²) in [7, 11) is 0. The minimum Gasteiger partial charge on any atom is -0.334 e. The van der Waals surface area contributed by atoms with Gasteiger partial charge in [0.1, 0.15) is 24.4 Å². The summed E-state index contributed by atoms with van der Waals surface area (Å²) < 4.78 is 0. The Kier molecular flexibility index (Phi) is 6.72. The van der Waals surface area contributed by atoms with Crippen LogP contribution < -0.4 is 21.3 Å². The second kappa shape index (κ2) is 9.09. The lowest BCUT2D eigenvalue weighted by Crippen LogP contribution is -2.63. The second-order valence-corrected chi connectivity index (χ2v) is 9.06. The molecule has 30 heavy (non-hydrogen) atoms. The Bertz CT molecular complexity index is 591. The average molecular weight is 423 g/mol. The molecule has 0 aliphatic carbocycles. The van der Waals surface area contributed by atoms with E-state index in [1.807, 2.05) is 27.7 Å². The zero-order valence-corrected chi connectivity index (χ0v) is 18.2. The average Bonchev–Trinajstić information content (AvgIpc) is 3.35. The van der Waals surface area contributed by atoms with Gasteiger partial charge >= 0.3 is 12.1 Å². The summed E-state index contributed by atoms with van der Waals surface area (Å²) in [5.41, 5.74) is 0. The first-order chi connectivity index (χ1) is 14.2. The van der Waals surface area contributed by atoms with Crippen LogP contribution in [0.3, 0.4) is 0 Å². The molecule has 3 saturated heterocycles. The van der Waals surface area contributed by atoms with Crippen LogP contribution in [-0.4, -0.2) is 71.2 Å². The van der Waals surface area contributed by atoms with Crippen molar-refractivity contribution in [3.05, 3.63) is 0 Å². The number of carbonyl (C=O) groups is 4. The Balaban J connectivity index is 1.91. The number of fused-ring (bicyclic) bond motifs is 2. The topological polar surface area (TPSA) is 123 Å².